The first-order chi connectivity index (χ1) is 9.08. The Morgan fingerprint density at radius 1 is 1.20 bits per heavy atom. The van der Waals surface area contributed by atoms with Crippen LogP contribution in [0.3, 0.4) is 0 Å². The summed E-state index contributed by atoms with van der Waals surface area (Å²) in [6.07, 6.45) is -0.199. The quantitative estimate of drug-likeness (QED) is 0.762. The molecule has 0 heterocycles. The average molecular weight is 408 g/mol. The highest BCUT2D eigenvalue weighted by molar-refractivity contribution is 9.11. The number of carboxylic acids is 1. The summed E-state index contributed by atoms with van der Waals surface area (Å²) in [5, 5.41) is 9.32. The zero-order chi connectivity index (χ0) is 15.5. The number of halogens is 2. The minimum absolute atomic E-state index is 0.199. The second-order valence-corrected chi connectivity index (χ2v) is 7.22. The van der Waals surface area contributed by atoms with Crippen LogP contribution in [0.4, 0.5) is 0 Å². The van der Waals surface area contributed by atoms with Crippen LogP contribution in [0.2, 0.25) is 0 Å². The zero-order valence-electron chi connectivity index (χ0n) is 11.4. The van der Waals surface area contributed by atoms with E-state index in [2.05, 4.69) is 31.9 Å². The molecule has 110 valence electrons. The van der Waals surface area contributed by atoms with Crippen LogP contribution in [0, 0.1) is 0 Å². The van der Waals surface area contributed by atoms with E-state index < -0.39 is 23.5 Å². The number of hydrogen-bond donors (Lipinski definition) is 1. The van der Waals surface area contributed by atoms with Gasteiger partial charge in [0.1, 0.15) is 5.60 Å². The molecule has 0 aliphatic heterocycles. The van der Waals surface area contributed by atoms with Gasteiger partial charge in [0.15, 0.2) is 0 Å². The molecule has 1 N–H and O–H groups in total. The number of benzene rings is 1. The molecule has 0 aromatic heterocycles. The minimum atomic E-state index is -1.05. The van der Waals surface area contributed by atoms with Crippen molar-refractivity contribution in [3.8, 4) is 0 Å². The van der Waals surface area contributed by atoms with Gasteiger partial charge in [-0.1, -0.05) is 31.9 Å². The lowest BCUT2D eigenvalue weighted by atomic mass is 9.96. The Hall–Kier alpha value is -0.880. The molecular weight excluding hydrogens is 392 g/mol. The van der Waals surface area contributed by atoms with E-state index in [1.165, 1.54) is 0 Å². The van der Waals surface area contributed by atoms with E-state index in [0.717, 1.165) is 8.95 Å². The summed E-state index contributed by atoms with van der Waals surface area (Å²) in [6.45, 7) is 5.24. The molecule has 1 unspecified atom stereocenters. The summed E-state index contributed by atoms with van der Waals surface area (Å²) in [6, 6.07) is 5.18. The molecule has 1 atom stereocenters. The van der Waals surface area contributed by atoms with E-state index in [1.807, 2.05) is 0 Å². The van der Waals surface area contributed by atoms with Crippen molar-refractivity contribution in [2.24, 2.45) is 0 Å². The molecule has 0 fully saturated rings. The summed E-state index contributed by atoms with van der Waals surface area (Å²) >= 11 is 6.61. The number of carbonyl (C=O) groups excluding carboxylic acids is 1. The van der Waals surface area contributed by atoms with E-state index in [0.29, 0.717) is 5.56 Å². The Balaban J connectivity index is 2.95. The highest BCUT2D eigenvalue weighted by Gasteiger charge is 2.27. The molecule has 6 heteroatoms. The van der Waals surface area contributed by atoms with Gasteiger partial charge in [-0.3, -0.25) is 9.59 Å². The maximum absolute atomic E-state index is 11.8. The van der Waals surface area contributed by atoms with Crippen molar-refractivity contribution < 1.29 is 19.4 Å². The van der Waals surface area contributed by atoms with Crippen LogP contribution in [-0.4, -0.2) is 22.6 Å². The van der Waals surface area contributed by atoms with Gasteiger partial charge in [0.25, 0.3) is 0 Å². The molecule has 0 radical (unpaired) electrons. The van der Waals surface area contributed by atoms with Crippen LogP contribution in [0.1, 0.15) is 38.7 Å². The lowest BCUT2D eigenvalue weighted by molar-refractivity contribution is -0.158. The van der Waals surface area contributed by atoms with Gasteiger partial charge in [-0.2, -0.15) is 0 Å². The molecule has 0 saturated carbocycles. The van der Waals surface area contributed by atoms with Crippen LogP contribution in [0.5, 0.6) is 0 Å². The zero-order valence-corrected chi connectivity index (χ0v) is 14.6. The topological polar surface area (TPSA) is 63.6 Å². The third kappa shape index (κ3) is 5.63. The summed E-state index contributed by atoms with van der Waals surface area (Å²) in [5.74, 6) is -2.51. The first-order valence-electron chi connectivity index (χ1n) is 5.99. The number of ether oxygens (including phenoxy) is 1. The van der Waals surface area contributed by atoms with Gasteiger partial charge in [-0.25, -0.2) is 0 Å². The number of carbonyl (C=O) groups is 2. The monoisotopic (exact) mass is 406 g/mol. The number of aliphatic carboxylic acids is 1. The van der Waals surface area contributed by atoms with Crippen LogP contribution in [0.15, 0.2) is 27.1 Å². The maximum atomic E-state index is 11.8. The molecule has 4 nitrogen and oxygen atoms in total. The summed E-state index contributed by atoms with van der Waals surface area (Å²) in [4.78, 5) is 23.2. The Labute approximate surface area is 134 Å². The van der Waals surface area contributed by atoms with Crippen LogP contribution in [0.25, 0.3) is 0 Å². The average Bonchev–Trinajstić information content (AvgIpc) is 2.21. The Morgan fingerprint density at radius 3 is 2.10 bits per heavy atom. The molecule has 0 spiro atoms. The molecule has 1 rings (SSSR count). The fourth-order valence-corrected chi connectivity index (χ4v) is 3.00. The summed E-state index contributed by atoms with van der Waals surface area (Å²) in [7, 11) is 0. The van der Waals surface area contributed by atoms with Crippen LogP contribution < -0.4 is 0 Å². The number of hydrogen-bond acceptors (Lipinski definition) is 3. The van der Waals surface area contributed by atoms with Gasteiger partial charge >= 0.3 is 11.9 Å². The largest absolute Gasteiger partial charge is 0.481 e. The first-order valence-corrected chi connectivity index (χ1v) is 7.58. The number of carboxylic acid groups (broad SMARTS) is 1. The second kappa shape index (κ2) is 6.72. The first kappa shape index (κ1) is 17.2. The van der Waals surface area contributed by atoms with Gasteiger partial charge in [0.2, 0.25) is 0 Å². The highest BCUT2D eigenvalue weighted by Crippen LogP contribution is 2.28. The van der Waals surface area contributed by atoms with E-state index in [4.69, 9.17) is 4.74 Å². The lowest BCUT2D eigenvalue weighted by Gasteiger charge is -2.21. The Morgan fingerprint density at radius 2 is 1.70 bits per heavy atom. The molecule has 0 amide bonds. The normalized spacial score (nSPS) is 12.8. The van der Waals surface area contributed by atoms with Crippen molar-refractivity contribution in [1.29, 1.82) is 0 Å². The molecule has 0 aliphatic carbocycles. The van der Waals surface area contributed by atoms with Crippen LogP contribution >= 0.6 is 31.9 Å². The maximum Gasteiger partial charge on any atom is 0.311 e. The van der Waals surface area contributed by atoms with Crippen molar-refractivity contribution >= 4 is 43.8 Å². The SMILES string of the molecule is CC(C)(C)OC(=O)CC(C(=O)O)c1cc(Br)cc(Br)c1. The van der Waals surface area contributed by atoms with Crippen molar-refractivity contribution in [1.82, 2.24) is 0 Å². The highest BCUT2D eigenvalue weighted by atomic mass is 79.9. The number of rotatable bonds is 4. The molecule has 1 aromatic carbocycles. The van der Waals surface area contributed by atoms with E-state index in [9.17, 15) is 14.7 Å². The molecule has 20 heavy (non-hydrogen) atoms. The van der Waals surface area contributed by atoms with E-state index in [-0.39, 0.29) is 6.42 Å². The van der Waals surface area contributed by atoms with Crippen LogP contribution in [-0.2, 0) is 14.3 Å². The molecule has 0 saturated heterocycles. The molecule has 0 aliphatic rings. The van der Waals surface area contributed by atoms with Crippen molar-refractivity contribution in [2.45, 2.75) is 38.7 Å². The third-order valence-electron chi connectivity index (χ3n) is 2.38. The van der Waals surface area contributed by atoms with E-state index >= 15 is 0 Å². The second-order valence-electron chi connectivity index (χ2n) is 5.38. The predicted molar refractivity (Wildman–Crippen MR) is 82.7 cm³/mol. The third-order valence-corrected chi connectivity index (χ3v) is 3.29. The van der Waals surface area contributed by atoms with Gasteiger partial charge in [-0.15, -0.1) is 0 Å². The van der Waals surface area contributed by atoms with Gasteiger partial charge in [0, 0.05) is 8.95 Å². The predicted octanol–water partition coefficient (Wildman–Crippen LogP) is 4.11. The van der Waals surface area contributed by atoms with Gasteiger partial charge in [-0.05, 0) is 44.5 Å². The molecular formula is C14H16Br2O4. The Bertz CT molecular complexity index is 500. The molecule has 1 aromatic rings. The number of esters is 1. The fourth-order valence-electron chi connectivity index (χ4n) is 1.67. The van der Waals surface area contributed by atoms with Crippen molar-refractivity contribution in [3.05, 3.63) is 32.7 Å². The minimum Gasteiger partial charge on any atom is -0.481 e. The van der Waals surface area contributed by atoms with E-state index in [1.54, 1.807) is 39.0 Å². The van der Waals surface area contributed by atoms with Gasteiger partial charge in [0.05, 0.1) is 12.3 Å². The fraction of sp³-hybridized carbons (Fsp3) is 0.429. The molecule has 0 bridgehead atoms. The lowest BCUT2D eigenvalue weighted by Crippen LogP contribution is -2.26. The Kier molecular flexibility index (Phi) is 5.77. The van der Waals surface area contributed by atoms with Crippen molar-refractivity contribution in [3.63, 3.8) is 0 Å². The van der Waals surface area contributed by atoms with Gasteiger partial charge < -0.3 is 9.84 Å². The standard InChI is InChI=1S/C14H16Br2O4/c1-14(2,3)20-12(17)7-11(13(18)19)8-4-9(15)6-10(16)5-8/h4-6,11H,7H2,1-3H3,(H,18,19). The summed E-state index contributed by atoms with van der Waals surface area (Å²) in [5.41, 5.74) is -0.0811. The summed E-state index contributed by atoms with van der Waals surface area (Å²) < 4.78 is 6.67. The van der Waals surface area contributed by atoms with Crippen molar-refractivity contribution in [2.75, 3.05) is 0 Å². The smallest absolute Gasteiger partial charge is 0.311 e.